The van der Waals surface area contributed by atoms with Gasteiger partial charge in [0.15, 0.2) is 6.10 Å². The number of carbonyl (C=O) groups is 2. The van der Waals surface area contributed by atoms with Gasteiger partial charge in [0.05, 0.1) is 26.1 Å². The predicted molar refractivity (Wildman–Crippen MR) is 130 cm³/mol. The fourth-order valence-corrected chi connectivity index (χ4v) is 6.43. The van der Waals surface area contributed by atoms with E-state index >= 15 is 0 Å². The van der Waals surface area contributed by atoms with Crippen molar-refractivity contribution in [3.63, 3.8) is 0 Å². The van der Waals surface area contributed by atoms with Crippen molar-refractivity contribution in [3.8, 4) is 0 Å². The average molecular weight is 577 g/mol. The number of quaternary nitrogens is 1. The molecule has 1 aromatic heterocycles. The standard InChI is InChI=1S/C28H28F2NO3S.BrH/c29-24-5-1-3-20(13-24)28(21-4-2-6-25(30)14-21)34-27(33)15-23-16-31(10-7-19(23)8-11-31)17-26(32)22-9-12-35-18-22;/h1-6,9,12-14,18-19,23,28H,7-8,10-11,15-17H2;1H/q+1;/p-1/t19?,23-,31?;/m0./s1. The van der Waals surface area contributed by atoms with Crippen LogP contribution in [0.5, 0.6) is 0 Å². The van der Waals surface area contributed by atoms with Gasteiger partial charge >= 0.3 is 5.97 Å². The molecular weight excluding hydrogens is 548 g/mol. The minimum absolute atomic E-state index is 0. The molecular formula is C28H28BrF2NO3S. The van der Waals surface area contributed by atoms with Crippen LogP contribution in [0.2, 0.25) is 0 Å². The molecule has 3 aliphatic heterocycles. The third-order valence-electron chi connectivity index (χ3n) is 7.54. The number of piperidine rings is 3. The number of Topliss-reactive ketones (excluding diaryl/α,β-unsaturated/α-hetero) is 1. The van der Waals surface area contributed by atoms with Gasteiger partial charge in [0.25, 0.3) is 0 Å². The van der Waals surface area contributed by atoms with Crippen molar-refractivity contribution in [2.24, 2.45) is 11.8 Å². The van der Waals surface area contributed by atoms with E-state index in [9.17, 15) is 18.4 Å². The van der Waals surface area contributed by atoms with Gasteiger partial charge in [-0.15, -0.1) is 0 Å². The summed E-state index contributed by atoms with van der Waals surface area (Å²) in [5.74, 6) is -0.561. The number of halogens is 3. The molecule has 1 atom stereocenters. The smallest absolute Gasteiger partial charge is 0.307 e. The third kappa shape index (κ3) is 5.93. The largest absolute Gasteiger partial charge is 1.00 e. The van der Waals surface area contributed by atoms with E-state index in [0.29, 0.717) is 23.6 Å². The highest BCUT2D eigenvalue weighted by Gasteiger charge is 2.47. The zero-order valence-electron chi connectivity index (χ0n) is 19.7. The Hall–Kier alpha value is -2.42. The monoisotopic (exact) mass is 575 g/mol. The van der Waals surface area contributed by atoms with Gasteiger partial charge in [-0.25, -0.2) is 8.78 Å². The van der Waals surface area contributed by atoms with Crippen molar-refractivity contribution < 1.29 is 44.6 Å². The Morgan fingerprint density at radius 1 is 1.00 bits per heavy atom. The van der Waals surface area contributed by atoms with Crippen LogP contribution in [0.3, 0.4) is 0 Å². The molecule has 0 amide bonds. The normalized spacial score (nSPS) is 22.8. The summed E-state index contributed by atoms with van der Waals surface area (Å²) >= 11 is 1.52. The third-order valence-corrected chi connectivity index (χ3v) is 8.22. The van der Waals surface area contributed by atoms with Crippen molar-refractivity contribution in [1.82, 2.24) is 0 Å². The molecule has 0 spiro atoms. The number of rotatable bonds is 8. The van der Waals surface area contributed by atoms with Gasteiger partial charge in [0, 0.05) is 29.7 Å². The second-order valence-electron chi connectivity index (χ2n) is 9.85. The van der Waals surface area contributed by atoms with Gasteiger partial charge in [-0.05, 0) is 52.8 Å². The molecule has 0 radical (unpaired) electrons. The maximum absolute atomic E-state index is 13.9. The summed E-state index contributed by atoms with van der Waals surface area (Å²) in [5.41, 5.74) is 1.68. The molecule has 3 aliphatic rings. The number of benzene rings is 2. The molecule has 0 aliphatic carbocycles. The summed E-state index contributed by atoms with van der Waals surface area (Å²) in [4.78, 5) is 26.0. The lowest BCUT2D eigenvalue weighted by molar-refractivity contribution is -0.939. The van der Waals surface area contributed by atoms with Crippen LogP contribution in [-0.2, 0) is 9.53 Å². The first-order chi connectivity index (χ1) is 16.9. The quantitative estimate of drug-likeness (QED) is 0.236. The van der Waals surface area contributed by atoms with Crippen LogP contribution in [0.25, 0.3) is 0 Å². The lowest BCUT2D eigenvalue weighted by atomic mass is 9.75. The molecule has 36 heavy (non-hydrogen) atoms. The van der Waals surface area contributed by atoms with E-state index in [2.05, 4.69) is 0 Å². The Balaban J connectivity index is 0.00000304. The first-order valence-electron chi connectivity index (χ1n) is 12.0. The lowest BCUT2D eigenvalue weighted by Gasteiger charge is -2.52. The molecule has 8 heteroatoms. The minimum atomic E-state index is -0.890. The molecule has 6 rings (SSSR count). The number of hydrogen-bond donors (Lipinski definition) is 0. The summed E-state index contributed by atoms with van der Waals surface area (Å²) in [6.45, 7) is 3.16. The van der Waals surface area contributed by atoms with Gasteiger partial charge in [0.2, 0.25) is 5.78 Å². The molecule has 2 aromatic carbocycles. The van der Waals surface area contributed by atoms with Gasteiger partial charge in [-0.1, -0.05) is 24.3 Å². The van der Waals surface area contributed by atoms with Gasteiger partial charge < -0.3 is 26.2 Å². The van der Waals surface area contributed by atoms with E-state index in [1.54, 1.807) is 24.3 Å². The summed E-state index contributed by atoms with van der Waals surface area (Å²) in [7, 11) is 0. The first kappa shape index (κ1) is 26.6. The molecule has 0 saturated carbocycles. The average Bonchev–Trinajstić information content (AvgIpc) is 3.38. The van der Waals surface area contributed by atoms with Gasteiger partial charge in [0.1, 0.15) is 18.2 Å². The number of hydrogen-bond acceptors (Lipinski definition) is 4. The Labute approximate surface area is 224 Å². The predicted octanol–water partition coefficient (Wildman–Crippen LogP) is 2.79. The van der Waals surface area contributed by atoms with Crippen molar-refractivity contribution in [1.29, 1.82) is 0 Å². The Morgan fingerprint density at radius 2 is 1.64 bits per heavy atom. The molecule has 3 aromatic rings. The van der Waals surface area contributed by atoms with Crippen LogP contribution in [-0.4, -0.2) is 42.4 Å². The van der Waals surface area contributed by atoms with Crippen LogP contribution in [0.1, 0.15) is 46.9 Å². The SMILES string of the molecule is O=C(C[C@H]1C[N+]2(CC(=O)c3ccsc3)CCC1CC2)OC(c1cccc(F)c1)c1cccc(F)c1.[Br-]. The molecule has 4 nitrogen and oxygen atoms in total. The van der Waals surface area contributed by atoms with Crippen molar-refractivity contribution in [3.05, 3.63) is 93.7 Å². The fourth-order valence-electron chi connectivity index (χ4n) is 5.77. The molecule has 2 bridgehead atoms. The van der Waals surface area contributed by atoms with Crippen LogP contribution >= 0.6 is 11.3 Å². The number of ketones is 1. The molecule has 0 N–H and O–H groups in total. The van der Waals surface area contributed by atoms with E-state index in [1.807, 2.05) is 16.8 Å². The summed E-state index contributed by atoms with van der Waals surface area (Å²) < 4.78 is 34.5. The lowest BCUT2D eigenvalue weighted by Crippen LogP contribution is -3.00. The van der Waals surface area contributed by atoms with Crippen LogP contribution < -0.4 is 17.0 Å². The van der Waals surface area contributed by atoms with E-state index in [1.165, 1.54) is 35.6 Å². The van der Waals surface area contributed by atoms with Crippen molar-refractivity contribution >= 4 is 23.1 Å². The van der Waals surface area contributed by atoms with Crippen molar-refractivity contribution in [2.45, 2.75) is 25.4 Å². The maximum atomic E-state index is 13.9. The van der Waals surface area contributed by atoms with Crippen LogP contribution in [0.15, 0.2) is 65.4 Å². The maximum Gasteiger partial charge on any atom is 0.307 e. The van der Waals surface area contributed by atoms with Gasteiger partial charge in [-0.2, -0.15) is 11.3 Å². The Bertz CT molecular complexity index is 1170. The highest BCUT2D eigenvalue weighted by atomic mass is 79.9. The minimum Gasteiger partial charge on any atom is -1.00 e. The second-order valence-corrected chi connectivity index (χ2v) is 10.6. The van der Waals surface area contributed by atoms with E-state index in [0.717, 1.165) is 42.5 Å². The highest BCUT2D eigenvalue weighted by Crippen LogP contribution is 2.40. The Morgan fingerprint density at radius 3 is 2.19 bits per heavy atom. The van der Waals surface area contributed by atoms with E-state index < -0.39 is 17.7 Å². The molecule has 0 unspecified atom stereocenters. The molecule has 3 fully saturated rings. The number of carbonyl (C=O) groups excluding carboxylic acids is 2. The topological polar surface area (TPSA) is 43.4 Å². The summed E-state index contributed by atoms with van der Waals surface area (Å²) in [5, 5.41) is 3.81. The van der Waals surface area contributed by atoms with Crippen molar-refractivity contribution in [2.75, 3.05) is 26.2 Å². The fraction of sp³-hybridized carbons (Fsp3) is 0.357. The summed E-state index contributed by atoms with van der Waals surface area (Å²) in [6, 6.07) is 13.6. The summed E-state index contributed by atoms with van der Waals surface area (Å²) in [6.07, 6.45) is 1.33. The van der Waals surface area contributed by atoms with E-state index in [-0.39, 0.29) is 41.1 Å². The second kappa shape index (κ2) is 11.3. The van der Waals surface area contributed by atoms with Crippen LogP contribution in [0.4, 0.5) is 8.78 Å². The molecule has 4 heterocycles. The molecule has 190 valence electrons. The number of fused-ring (bicyclic) bond motifs is 3. The Kier molecular flexibility index (Phi) is 8.37. The number of esters is 1. The van der Waals surface area contributed by atoms with Gasteiger partial charge in [-0.3, -0.25) is 9.59 Å². The zero-order chi connectivity index (χ0) is 24.4. The zero-order valence-corrected chi connectivity index (χ0v) is 22.1. The number of thiophene rings is 1. The number of nitrogens with zero attached hydrogens (tertiary/aromatic N) is 1. The first-order valence-corrected chi connectivity index (χ1v) is 13.0. The molecule has 3 saturated heterocycles. The number of ether oxygens (including phenoxy) is 1. The van der Waals surface area contributed by atoms with E-state index in [4.69, 9.17) is 4.74 Å². The van der Waals surface area contributed by atoms with Crippen LogP contribution in [0, 0.1) is 23.5 Å². The highest BCUT2D eigenvalue weighted by molar-refractivity contribution is 7.08.